The Bertz CT molecular complexity index is 460. The number of carboxylic acid groups (broad SMARTS) is 1. The summed E-state index contributed by atoms with van der Waals surface area (Å²) in [6.07, 6.45) is 1.90. The molecule has 0 fully saturated rings. The topological polar surface area (TPSA) is 57.6 Å². The lowest BCUT2D eigenvalue weighted by Crippen LogP contribution is -2.38. The fourth-order valence-electron chi connectivity index (χ4n) is 1.81. The first-order valence-electron chi connectivity index (χ1n) is 6.09. The van der Waals surface area contributed by atoms with Crippen molar-refractivity contribution in [1.82, 2.24) is 4.90 Å². The maximum absolute atomic E-state index is 12.4. The van der Waals surface area contributed by atoms with Crippen LogP contribution in [-0.2, 0) is 4.79 Å². The van der Waals surface area contributed by atoms with Gasteiger partial charge in [-0.2, -0.15) is 0 Å². The van der Waals surface area contributed by atoms with E-state index in [1.165, 1.54) is 16.7 Å². The second-order valence-corrected chi connectivity index (χ2v) is 5.52. The van der Waals surface area contributed by atoms with Gasteiger partial charge in [-0.25, -0.2) is 0 Å². The van der Waals surface area contributed by atoms with Gasteiger partial charge in [0, 0.05) is 11.4 Å². The van der Waals surface area contributed by atoms with Crippen LogP contribution in [0.4, 0.5) is 0 Å². The number of hydrogen-bond donors (Lipinski definition) is 1. The number of thioether (sulfide) groups is 1. The molecule has 1 rings (SSSR count). The zero-order valence-electron chi connectivity index (χ0n) is 11.4. The Labute approximate surface area is 117 Å². The van der Waals surface area contributed by atoms with E-state index in [0.29, 0.717) is 12.1 Å². The first-order valence-corrected chi connectivity index (χ1v) is 7.32. The van der Waals surface area contributed by atoms with Crippen LogP contribution in [0.2, 0.25) is 0 Å². The van der Waals surface area contributed by atoms with Crippen LogP contribution in [0.15, 0.2) is 29.2 Å². The molecule has 104 valence electrons. The van der Waals surface area contributed by atoms with E-state index >= 15 is 0 Å². The highest BCUT2D eigenvalue weighted by Crippen LogP contribution is 2.21. The van der Waals surface area contributed by atoms with Crippen molar-refractivity contribution in [2.45, 2.75) is 18.7 Å². The Morgan fingerprint density at radius 1 is 1.32 bits per heavy atom. The monoisotopic (exact) mass is 281 g/mol. The van der Waals surface area contributed by atoms with Crippen LogP contribution in [0.1, 0.15) is 24.2 Å². The second kappa shape index (κ2) is 7.19. The minimum Gasteiger partial charge on any atom is -0.480 e. The average Bonchev–Trinajstić information content (AvgIpc) is 2.36. The molecule has 0 aromatic heterocycles. The van der Waals surface area contributed by atoms with Crippen molar-refractivity contribution in [3.05, 3.63) is 29.8 Å². The Kier molecular flexibility index (Phi) is 5.89. The molecule has 0 saturated heterocycles. The van der Waals surface area contributed by atoms with Crippen LogP contribution in [0.5, 0.6) is 0 Å². The highest BCUT2D eigenvalue weighted by Gasteiger charge is 2.21. The van der Waals surface area contributed by atoms with Crippen molar-refractivity contribution in [2.24, 2.45) is 5.92 Å². The third-order valence-corrected chi connectivity index (χ3v) is 3.33. The van der Waals surface area contributed by atoms with Gasteiger partial charge >= 0.3 is 5.97 Å². The molecule has 4 nitrogen and oxygen atoms in total. The first-order chi connectivity index (χ1) is 8.95. The van der Waals surface area contributed by atoms with Crippen LogP contribution in [-0.4, -0.2) is 41.2 Å². The standard InChI is InChI=1S/C14H19NO3S/c1-10(2)8-15(9-13(16)17)14(18)11-6-4-5-7-12(11)19-3/h4-7,10H,8-9H2,1-3H3,(H,16,17). The van der Waals surface area contributed by atoms with Crippen molar-refractivity contribution < 1.29 is 14.7 Å². The van der Waals surface area contributed by atoms with Gasteiger partial charge in [0.1, 0.15) is 6.54 Å². The van der Waals surface area contributed by atoms with Gasteiger partial charge in [-0.05, 0) is 24.3 Å². The minimum atomic E-state index is -0.990. The molecular weight excluding hydrogens is 262 g/mol. The van der Waals surface area contributed by atoms with Crippen molar-refractivity contribution in [2.75, 3.05) is 19.3 Å². The predicted molar refractivity (Wildman–Crippen MR) is 76.6 cm³/mol. The lowest BCUT2D eigenvalue weighted by molar-refractivity contribution is -0.137. The Balaban J connectivity index is 3.00. The van der Waals surface area contributed by atoms with Crippen molar-refractivity contribution in [3.8, 4) is 0 Å². The summed E-state index contributed by atoms with van der Waals surface area (Å²) in [5.74, 6) is -0.985. The van der Waals surface area contributed by atoms with Gasteiger partial charge in [-0.15, -0.1) is 11.8 Å². The van der Waals surface area contributed by atoms with Crippen LogP contribution >= 0.6 is 11.8 Å². The number of carbonyl (C=O) groups excluding carboxylic acids is 1. The van der Waals surface area contributed by atoms with Gasteiger partial charge in [-0.1, -0.05) is 26.0 Å². The lowest BCUT2D eigenvalue weighted by atomic mass is 10.1. The van der Waals surface area contributed by atoms with Crippen molar-refractivity contribution >= 4 is 23.6 Å². The van der Waals surface area contributed by atoms with Gasteiger partial charge in [0.15, 0.2) is 0 Å². The second-order valence-electron chi connectivity index (χ2n) is 4.67. The number of carbonyl (C=O) groups is 2. The molecule has 0 aliphatic rings. The maximum atomic E-state index is 12.4. The van der Waals surface area contributed by atoms with E-state index in [2.05, 4.69) is 0 Å². The number of aliphatic carboxylic acids is 1. The number of rotatable bonds is 6. The summed E-state index contributed by atoms with van der Waals surface area (Å²) in [6, 6.07) is 7.27. The molecule has 0 atom stereocenters. The molecule has 0 heterocycles. The number of hydrogen-bond acceptors (Lipinski definition) is 3. The van der Waals surface area contributed by atoms with E-state index in [1.54, 1.807) is 12.1 Å². The summed E-state index contributed by atoms with van der Waals surface area (Å²) in [6.45, 7) is 4.10. The quantitative estimate of drug-likeness (QED) is 0.814. The Morgan fingerprint density at radius 2 is 1.95 bits per heavy atom. The molecule has 1 amide bonds. The summed E-state index contributed by atoms with van der Waals surface area (Å²) in [5, 5.41) is 8.92. The summed E-state index contributed by atoms with van der Waals surface area (Å²) >= 11 is 1.48. The van der Waals surface area contributed by atoms with Crippen LogP contribution in [0.25, 0.3) is 0 Å². The van der Waals surface area contributed by atoms with Crippen molar-refractivity contribution in [3.63, 3.8) is 0 Å². The van der Waals surface area contributed by atoms with E-state index in [9.17, 15) is 9.59 Å². The SMILES string of the molecule is CSc1ccccc1C(=O)N(CC(=O)O)CC(C)C. The fourth-order valence-corrected chi connectivity index (χ4v) is 2.40. The number of carboxylic acids is 1. The zero-order valence-corrected chi connectivity index (χ0v) is 12.2. The molecule has 19 heavy (non-hydrogen) atoms. The molecule has 1 N–H and O–H groups in total. The Morgan fingerprint density at radius 3 is 2.47 bits per heavy atom. The highest BCUT2D eigenvalue weighted by atomic mass is 32.2. The van der Waals surface area contributed by atoms with Gasteiger partial charge in [-0.3, -0.25) is 9.59 Å². The van der Waals surface area contributed by atoms with E-state index in [0.717, 1.165) is 4.90 Å². The van der Waals surface area contributed by atoms with Gasteiger partial charge in [0.05, 0.1) is 5.56 Å². The molecule has 5 heteroatoms. The van der Waals surface area contributed by atoms with E-state index in [-0.39, 0.29) is 18.4 Å². The number of benzene rings is 1. The van der Waals surface area contributed by atoms with E-state index < -0.39 is 5.97 Å². The molecule has 1 aromatic rings. The zero-order chi connectivity index (χ0) is 14.4. The van der Waals surface area contributed by atoms with Crippen LogP contribution in [0, 0.1) is 5.92 Å². The van der Waals surface area contributed by atoms with E-state index in [4.69, 9.17) is 5.11 Å². The van der Waals surface area contributed by atoms with Gasteiger partial charge in [0.25, 0.3) is 5.91 Å². The number of nitrogens with zero attached hydrogens (tertiary/aromatic N) is 1. The van der Waals surface area contributed by atoms with Crippen LogP contribution in [0.3, 0.4) is 0 Å². The molecule has 1 aromatic carbocycles. The summed E-state index contributed by atoms with van der Waals surface area (Å²) in [4.78, 5) is 25.6. The van der Waals surface area contributed by atoms with Crippen LogP contribution < -0.4 is 0 Å². The summed E-state index contributed by atoms with van der Waals surface area (Å²) in [5.41, 5.74) is 0.567. The normalized spacial score (nSPS) is 10.5. The smallest absolute Gasteiger partial charge is 0.323 e. The molecule has 0 aliphatic carbocycles. The minimum absolute atomic E-state index is 0.221. The molecule has 0 aliphatic heterocycles. The molecule has 0 unspecified atom stereocenters. The number of amides is 1. The third kappa shape index (κ3) is 4.59. The third-order valence-electron chi connectivity index (χ3n) is 2.54. The van der Waals surface area contributed by atoms with E-state index in [1.807, 2.05) is 32.2 Å². The molecule has 0 spiro atoms. The molecular formula is C14H19NO3S. The van der Waals surface area contributed by atoms with Crippen molar-refractivity contribution in [1.29, 1.82) is 0 Å². The van der Waals surface area contributed by atoms with Gasteiger partial charge in [0.2, 0.25) is 0 Å². The lowest BCUT2D eigenvalue weighted by Gasteiger charge is -2.23. The Hall–Kier alpha value is -1.49. The summed E-state index contributed by atoms with van der Waals surface area (Å²) in [7, 11) is 0. The molecule has 0 bridgehead atoms. The first kappa shape index (κ1) is 15.6. The van der Waals surface area contributed by atoms with Gasteiger partial charge < -0.3 is 10.0 Å². The molecule has 0 saturated carbocycles. The average molecular weight is 281 g/mol. The maximum Gasteiger partial charge on any atom is 0.323 e. The fraction of sp³-hybridized carbons (Fsp3) is 0.429. The highest BCUT2D eigenvalue weighted by molar-refractivity contribution is 7.98. The largest absolute Gasteiger partial charge is 0.480 e. The predicted octanol–water partition coefficient (Wildman–Crippen LogP) is 2.59. The molecule has 0 radical (unpaired) electrons. The summed E-state index contributed by atoms with van der Waals surface area (Å²) < 4.78 is 0.